The molecule has 2 fully saturated rings. The molecule has 156 valence electrons. The summed E-state index contributed by atoms with van der Waals surface area (Å²) in [5.74, 6) is 0.151. The number of ether oxygens (including phenoxy) is 2. The van der Waals surface area contributed by atoms with Gasteiger partial charge < -0.3 is 24.2 Å². The van der Waals surface area contributed by atoms with Crippen LogP contribution in [0.5, 0.6) is 5.88 Å². The van der Waals surface area contributed by atoms with Crippen LogP contribution in [-0.2, 0) is 4.74 Å². The Morgan fingerprint density at radius 1 is 1.07 bits per heavy atom. The Morgan fingerprint density at radius 3 is 2.52 bits per heavy atom. The van der Waals surface area contributed by atoms with Gasteiger partial charge in [-0.15, -0.1) is 0 Å². The summed E-state index contributed by atoms with van der Waals surface area (Å²) in [5, 5.41) is 0.595. The molecule has 2 saturated heterocycles. The van der Waals surface area contributed by atoms with Crippen LogP contribution in [0.3, 0.4) is 0 Å². The van der Waals surface area contributed by atoms with E-state index in [1.165, 1.54) is 6.33 Å². The van der Waals surface area contributed by atoms with Crippen molar-refractivity contribution in [1.82, 2.24) is 19.8 Å². The van der Waals surface area contributed by atoms with Crippen molar-refractivity contribution in [3.63, 3.8) is 0 Å². The summed E-state index contributed by atoms with van der Waals surface area (Å²) >= 11 is 0. The molecule has 2 aromatic rings. The number of hydrogen-bond donors (Lipinski definition) is 0. The minimum atomic E-state index is -2.57. The number of hydrogen-bond acceptors (Lipinski definition) is 6. The van der Waals surface area contributed by atoms with E-state index in [0.717, 1.165) is 5.69 Å². The maximum atomic E-state index is 12.6. The summed E-state index contributed by atoms with van der Waals surface area (Å²) in [6.07, 6.45) is -1.26. The number of morpholine rings is 1. The fraction of sp³-hybridized carbons (Fsp3) is 0.526. The second-order valence-electron chi connectivity index (χ2n) is 6.94. The average molecular weight is 407 g/mol. The van der Waals surface area contributed by atoms with Crippen LogP contribution in [0.1, 0.15) is 0 Å². The minimum absolute atomic E-state index is 0.0579. The minimum Gasteiger partial charge on any atom is -0.471 e. The normalized spacial score (nSPS) is 17.8. The van der Waals surface area contributed by atoms with Crippen molar-refractivity contribution in [3.8, 4) is 5.88 Å². The van der Waals surface area contributed by atoms with Gasteiger partial charge in [-0.25, -0.2) is 23.5 Å². The van der Waals surface area contributed by atoms with Gasteiger partial charge >= 0.3 is 6.03 Å². The SMILES string of the molecule is O=C(N1CCOCC1)N1CCN(c2ccc3ncnc(OCC(F)F)c3c2)CC1. The number of piperazine rings is 1. The van der Waals surface area contributed by atoms with E-state index in [4.69, 9.17) is 9.47 Å². The third-order valence-corrected chi connectivity index (χ3v) is 5.13. The lowest BCUT2D eigenvalue weighted by atomic mass is 10.2. The van der Waals surface area contributed by atoms with E-state index >= 15 is 0 Å². The van der Waals surface area contributed by atoms with Crippen LogP contribution in [0, 0.1) is 0 Å². The Morgan fingerprint density at radius 2 is 1.79 bits per heavy atom. The molecule has 0 saturated carbocycles. The highest BCUT2D eigenvalue weighted by Crippen LogP contribution is 2.27. The van der Waals surface area contributed by atoms with Crippen molar-refractivity contribution in [2.45, 2.75) is 6.43 Å². The summed E-state index contributed by atoms with van der Waals surface area (Å²) < 4.78 is 35.5. The van der Waals surface area contributed by atoms with Gasteiger partial charge in [0.1, 0.15) is 6.33 Å². The van der Waals surface area contributed by atoms with E-state index in [-0.39, 0.29) is 11.9 Å². The zero-order chi connectivity index (χ0) is 20.2. The summed E-state index contributed by atoms with van der Waals surface area (Å²) in [7, 11) is 0. The summed E-state index contributed by atoms with van der Waals surface area (Å²) in [6, 6.07) is 5.68. The number of halogens is 2. The Hall–Kier alpha value is -2.75. The van der Waals surface area contributed by atoms with Gasteiger partial charge in [0, 0.05) is 45.0 Å². The first-order valence-corrected chi connectivity index (χ1v) is 9.64. The Balaban J connectivity index is 1.44. The van der Waals surface area contributed by atoms with Gasteiger partial charge in [-0.3, -0.25) is 0 Å². The summed E-state index contributed by atoms with van der Waals surface area (Å²) in [5.41, 5.74) is 1.56. The van der Waals surface area contributed by atoms with Crippen molar-refractivity contribution in [2.24, 2.45) is 0 Å². The van der Waals surface area contributed by atoms with Crippen molar-refractivity contribution >= 4 is 22.6 Å². The molecule has 0 unspecified atom stereocenters. The first-order valence-electron chi connectivity index (χ1n) is 9.64. The van der Waals surface area contributed by atoms with Crippen LogP contribution in [0.25, 0.3) is 10.9 Å². The fourth-order valence-corrected chi connectivity index (χ4v) is 3.59. The molecule has 4 rings (SSSR count). The topological polar surface area (TPSA) is 71.0 Å². The van der Waals surface area contributed by atoms with Crippen molar-refractivity contribution in [1.29, 1.82) is 0 Å². The largest absolute Gasteiger partial charge is 0.471 e. The van der Waals surface area contributed by atoms with Crippen LogP contribution in [-0.4, -0.2) is 91.3 Å². The van der Waals surface area contributed by atoms with Gasteiger partial charge in [-0.05, 0) is 18.2 Å². The van der Waals surface area contributed by atoms with Crippen molar-refractivity contribution in [2.75, 3.05) is 64.0 Å². The highest BCUT2D eigenvalue weighted by Gasteiger charge is 2.26. The van der Waals surface area contributed by atoms with Gasteiger partial charge in [-0.2, -0.15) is 0 Å². The number of aromatic nitrogens is 2. The summed E-state index contributed by atoms with van der Waals surface area (Å²) in [4.78, 5) is 26.7. The molecule has 2 amide bonds. The molecular formula is C19H23F2N5O3. The van der Waals surface area contributed by atoms with E-state index in [9.17, 15) is 13.6 Å². The second kappa shape index (κ2) is 8.73. The van der Waals surface area contributed by atoms with Gasteiger partial charge in [0.05, 0.1) is 24.1 Å². The second-order valence-corrected chi connectivity index (χ2v) is 6.94. The fourth-order valence-electron chi connectivity index (χ4n) is 3.59. The predicted octanol–water partition coefficient (Wildman–Crippen LogP) is 1.85. The number of rotatable bonds is 4. The van der Waals surface area contributed by atoms with Gasteiger partial charge in [0.2, 0.25) is 5.88 Å². The first kappa shape index (κ1) is 19.6. The highest BCUT2D eigenvalue weighted by molar-refractivity contribution is 5.86. The molecule has 2 aliphatic rings. The predicted molar refractivity (Wildman–Crippen MR) is 103 cm³/mol. The molecule has 0 N–H and O–H groups in total. The molecule has 1 aromatic carbocycles. The average Bonchev–Trinajstić information content (AvgIpc) is 2.77. The first-order chi connectivity index (χ1) is 14.1. The molecule has 2 aliphatic heterocycles. The number of fused-ring (bicyclic) bond motifs is 1. The smallest absolute Gasteiger partial charge is 0.320 e. The van der Waals surface area contributed by atoms with E-state index in [2.05, 4.69) is 14.9 Å². The molecular weight excluding hydrogens is 384 g/mol. The van der Waals surface area contributed by atoms with Crippen LogP contribution in [0.15, 0.2) is 24.5 Å². The number of alkyl halides is 2. The molecule has 8 nitrogen and oxygen atoms in total. The van der Waals surface area contributed by atoms with Crippen LogP contribution < -0.4 is 9.64 Å². The van der Waals surface area contributed by atoms with Crippen molar-refractivity contribution < 1.29 is 23.0 Å². The molecule has 29 heavy (non-hydrogen) atoms. The number of nitrogens with zero attached hydrogens (tertiary/aromatic N) is 5. The van der Waals surface area contributed by atoms with Gasteiger partial charge in [0.15, 0.2) is 6.61 Å². The molecule has 1 aromatic heterocycles. The Kier molecular flexibility index (Phi) is 5.89. The number of carbonyl (C=O) groups is 1. The molecule has 0 atom stereocenters. The van der Waals surface area contributed by atoms with Gasteiger partial charge in [0.25, 0.3) is 6.43 Å². The molecule has 3 heterocycles. The van der Waals surface area contributed by atoms with Crippen LogP contribution in [0.2, 0.25) is 0 Å². The zero-order valence-corrected chi connectivity index (χ0v) is 16.0. The number of urea groups is 1. The van der Waals surface area contributed by atoms with E-state index < -0.39 is 13.0 Å². The van der Waals surface area contributed by atoms with Gasteiger partial charge in [-0.1, -0.05) is 0 Å². The number of amides is 2. The standard InChI is InChI=1S/C19H23F2N5O3/c20-17(21)12-29-18-15-11-14(1-2-16(15)22-13-23-18)24-3-5-25(6-4-24)19(27)26-7-9-28-10-8-26/h1-2,11,13,17H,3-10,12H2. The third kappa shape index (κ3) is 4.47. The number of carbonyl (C=O) groups excluding carboxylic acids is 1. The highest BCUT2D eigenvalue weighted by atomic mass is 19.3. The van der Waals surface area contributed by atoms with Crippen LogP contribution >= 0.6 is 0 Å². The van der Waals surface area contributed by atoms with Crippen LogP contribution in [0.4, 0.5) is 19.3 Å². The summed E-state index contributed by atoms with van der Waals surface area (Å²) in [6.45, 7) is 4.32. The number of anilines is 1. The maximum Gasteiger partial charge on any atom is 0.320 e. The molecule has 10 heteroatoms. The lowest BCUT2D eigenvalue weighted by Gasteiger charge is -2.39. The lowest BCUT2D eigenvalue weighted by Crippen LogP contribution is -2.54. The van der Waals surface area contributed by atoms with E-state index in [1.54, 1.807) is 0 Å². The molecule has 0 spiro atoms. The monoisotopic (exact) mass is 407 g/mol. The van der Waals surface area contributed by atoms with E-state index in [1.807, 2.05) is 28.0 Å². The third-order valence-electron chi connectivity index (χ3n) is 5.13. The Bertz CT molecular complexity index is 855. The molecule has 0 aliphatic carbocycles. The zero-order valence-electron chi connectivity index (χ0n) is 16.0. The van der Waals surface area contributed by atoms with Crippen molar-refractivity contribution in [3.05, 3.63) is 24.5 Å². The quantitative estimate of drug-likeness (QED) is 0.771. The molecule has 0 radical (unpaired) electrons. The Labute approximate surface area is 167 Å². The maximum absolute atomic E-state index is 12.6. The number of benzene rings is 1. The molecule has 0 bridgehead atoms. The van der Waals surface area contributed by atoms with E-state index in [0.29, 0.717) is 63.4 Å². The lowest BCUT2D eigenvalue weighted by molar-refractivity contribution is 0.0428.